The largest absolute Gasteiger partial charge is 0.395 e. The molecule has 1 aromatic heterocycles. The van der Waals surface area contributed by atoms with Crippen molar-refractivity contribution in [3.8, 4) is 0 Å². The number of nitrogens with two attached hydrogens (primary N) is 1. The number of rotatable bonds is 6. The molecule has 1 aromatic rings. The van der Waals surface area contributed by atoms with E-state index in [1.807, 2.05) is 6.92 Å². The van der Waals surface area contributed by atoms with Crippen LogP contribution in [0.5, 0.6) is 0 Å². The molecule has 0 aliphatic carbocycles. The second-order valence-corrected chi connectivity index (χ2v) is 3.57. The van der Waals surface area contributed by atoms with Crippen LogP contribution >= 0.6 is 0 Å². The summed E-state index contributed by atoms with van der Waals surface area (Å²) in [4.78, 5) is 17.7. The third-order valence-corrected chi connectivity index (χ3v) is 2.27. The molecule has 0 aliphatic rings. The quantitative estimate of drug-likeness (QED) is 0.487. The second-order valence-electron chi connectivity index (χ2n) is 3.57. The first-order valence-corrected chi connectivity index (χ1v) is 5.56. The molecule has 0 spiro atoms. The third kappa shape index (κ3) is 3.69. The van der Waals surface area contributed by atoms with Gasteiger partial charge in [-0.15, -0.1) is 0 Å². The van der Waals surface area contributed by atoms with Gasteiger partial charge >= 0.3 is 0 Å². The molecule has 17 heavy (non-hydrogen) atoms. The molecule has 0 saturated carbocycles. The van der Waals surface area contributed by atoms with E-state index in [0.717, 1.165) is 6.42 Å². The number of nitrogens with zero attached hydrogens (tertiary/aromatic N) is 2. The van der Waals surface area contributed by atoms with E-state index < -0.39 is 0 Å². The zero-order chi connectivity index (χ0) is 12.7. The minimum absolute atomic E-state index is 0.0550. The SMILES string of the molecule is CCCN(CCO)C(=O)c1cccc(NN)n1. The lowest BCUT2D eigenvalue weighted by molar-refractivity contribution is 0.0716. The highest BCUT2D eigenvalue weighted by atomic mass is 16.3. The maximum Gasteiger partial charge on any atom is 0.272 e. The van der Waals surface area contributed by atoms with Gasteiger partial charge in [-0.2, -0.15) is 0 Å². The maximum absolute atomic E-state index is 12.1. The van der Waals surface area contributed by atoms with E-state index in [1.54, 1.807) is 23.1 Å². The minimum Gasteiger partial charge on any atom is -0.395 e. The fourth-order valence-corrected chi connectivity index (χ4v) is 1.50. The number of pyridine rings is 1. The zero-order valence-electron chi connectivity index (χ0n) is 9.89. The van der Waals surface area contributed by atoms with Gasteiger partial charge in [-0.3, -0.25) is 4.79 Å². The fourth-order valence-electron chi connectivity index (χ4n) is 1.50. The molecule has 6 nitrogen and oxygen atoms in total. The molecule has 0 radical (unpaired) electrons. The number of carbonyl (C=O) groups is 1. The predicted molar refractivity (Wildman–Crippen MR) is 65.3 cm³/mol. The van der Waals surface area contributed by atoms with Gasteiger partial charge in [-0.05, 0) is 18.6 Å². The van der Waals surface area contributed by atoms with Crippen molar-refractivity contribution in [1.29, 1.82) is 0 Å². The molecule has 0 atom stereocenters. The van der Waals surface area contributed by atoms with Crippen molar-refractivity contribution >= 4 is 11.7 Å². The molecule has 0 aromatic carbocycles. The zero-order valence-corrected chi connectivity index (χ0v) is 9.89. The molecular weight excluding hydrogens is 220 g/mol. The minimum atomic E-state index is -0.196. The highest BCUT2D eigenvalue weighted by Crippen LogP contribution is 2.07. The normalized spacial score (nSPS) is 10.1. The molecule has 0 aliphatic heterocycles. The number of nitrogen functional groups attached to an aromatic ring is 1. The summed E-state index contributed by atoms with van der Waals surface area (Å²) in [6, 6.07) is 5.01. The first kappa shape index (κ1) is 13.4. The van der Waals surface area contributed by atoms with Gasteiger partial charge in [-0.25, -0.2) is 10.8 Å². The van der Waals surface area contributed by atoms with Crippen LogP contribution in [0.3, 0.4) is 0 Å². The number of aromatic nitrogens is 1. The number of amides is 1. The van der Waals surface area contributed by atoms with Crippen LogP contribution in [0, 0.1) is 0 Å². The van der Waals surface area contributed by atoms with Crippen LogP contribution in [0.2, 0.25) is 0 Å². The summed E-state index contributed by atoms with van der Waals surface area (Å²) < 4.78 is 0. The van der Waals surface area contributed by atoms with Crippen molar-refractivity contribution in [3.05, 3.63) is 23.9 Å². The number of hydrogen-bond acceptors (Lipinski definition) is 5. The fraction of sp³-hybridized carbons (Fsp3) is 0.455. The summed E-state index contributed by atoms with van der Waals surface area (Å²) >= 11 is 0. The van der Waals surface area contributed by atoms with Crippen molar-refractivity contribution in [3.63, 3.8) is 0 Å². The number of hydrogen-bond donors (Lipinski definition) is 3. The lowest BCUT2D eigenvalue weighted by atomic mass is 10.3. The van der Waals surface area contributed by atoms with Crippen LogP contribution in [0.25, 0.3) is 0 Å². The van der Waals surface area contributed by atoms with E-state index in [2.05, 4.69) is 10.4 Å². The van der Waals surface area contributed by atoms with Gasteiger partial charge in [-0.1, -0.05) is 13.0 Å². The first-order valence-electron chi connectivity index (χ1n) is 5.56. The molecule has 4 N–H and O–H groups in total. The van der Waals surface area contributed by atoms with Gasteiger partial charge in [0, 0.05) is 13.1 Å². The maximum atomic E-state index is 12.1. The summed E-state index contributed by atoms with van der Waals surface area (Å²) in [7, 11) is 0. The Hall–Kier alpha value is -1.66. The Morgan fingerprint density at radius 3 is 2.88 bits per heavy atom. The van der Waals surface area contributed by atoms with E-state index in [0.29, 0.717) is 24.6 Å². The highest BCUT2D eigenvalue weighted by molar-refractivity contribution is 5.92. The Kier molecular flexibility index (Phi) is 5.38. The standard InChI is InChI=1S/C11H18N4O2/c1-2-6-15(7-8-16)11(17)9-4-3-5-10(13-9)14-12/h3-5,16H,2,6-8,12H2,1H3,(H,13,14). The molecule has 1 heterocycles. The lowest BCUT2D eigenvalue weighted by Gasteiger charge is -2.20. The van der Waals surface area contributed by atoms with Gasteiger partial charge in [0.1, 0.15) is 11.5 Å². The topological polar surface area (TPSA) is 91.5 Å². The number of hydrazine groups is 1. The summed E-state index contributed by atoms with van der Waals surface area (Å²) in [6.45, 7) is 2.83. The Morgan fingerprint density at radius 1 is 1.53 bits per heavy atom. The molecule has 6 heteroatoms. The second kappa shape index (κ2) is 6.82. The van der Waals surface area contributed by atoms with Gasteiger partial charge in [0.15, 0.2) is 0 Å². The Morgan fingerprint density at radius 2 is 2.29 bits per heavy atom. The molecule has 0 unspecified atom stereocenters. The molecule has 1 amide bonds. The number of nitrogens with one attached hydrogen (secondary N) is 1. The van der Waals surface area contributed by atoms with Gasteiger partial charge in [0.2, 0.25) is 0 Å². The Labute approximate surface area is 100 Å². The van der Waals surface area contributed by atoms with Gasteiger partial charge in [0.25, 0.3) is 5.91 Å². The van der Waals surface area contributed by atoms with Crippen molar-refractivity contribution in [2.75, 3.05) is 25.1 Å². The first-order chi connectivity index (χ1) is 8.22. The van der Waals surface area contributed by atoms with Crippen LogP contribution in [-0.2, 0) is 0 Å². The van der Waals surface area contributed by atoms with E-state index >= 15 is 0 Å². The summed E-state index contributed by atoms with van der Waals surface area (Å²) in [5.41, 5.74) is 2.72. The summed E-state index contributed by atoms with van der Waals surface area (Å²) in [6.07, 6.45) is 0.834. The van der Waals surface area contributed by atoms with Crippen LogP contribution in [0.4, 0.5) is 5.82 Å². The Balaban J connectivity index is 2.84. The Bertz CT molecular complexity index is 364. The number of aliphatic hydroxyl groups is 1. The van der Waals surface area contributed by atoms with E-state index in [9.17, 15) is 4.79 Å². The average Bonchev–Trinajstić information content (AvgIpc) is 2.38. The van der Waals surface area contributed by atoms with E-state index in [1.165, 1.54) is 0 Å². The highest BCUT2D eigenvalue weighted by Gasteiger charge is 2.15. The molecule has 94 valence electrons. The van der Waals surface area contributed by atoms with Crippen molar-refractivity contribution < 1.29 is 9.90 Å². The number of anilines is 1. The molecule has 0 saturated heterocycles. The van der Waals surface area contributed by atoms with E-state index in [-0.39, 0.29) is 12.5 Å². The van der Waals surface area contributed by atoms with Gasteiger partial charge < -0.3 is 15.4 Å². The van der Waals surface area contributed by atoms with Crippen LogP contribution in [0.15, 0.2) is 18.2 Å². The molecule has 0 fully saturated rings. The average molecular weight is 238 g/mol. The van der Waals surface area contributed by atoms with Crippen LogP contribution < -0.4 is 11.3 Å². The summed E-state index contributed by atoms with van der Waals surface area (Å²) in [5, 5.41) is 8.91. The van der Waals surface area contributed by atoms with E-state index in [4.69, 9.17) is 10.9 Å². The van der Waals surface area contributed by atoms with Gasteiger partial charge in [0.05, 0.1) is 6.61 Å². The smallest absolute Gasteiger partial charge is 0.272 e. The van der Waals surface area contributed by atoms with Crippen LogP contribution in [0.1, 0.15) is 23.8 Å². The molecular formula is C11H18N4O2. The monoisotopic (exact) mass is 238 g/mol. The number of aliphatic hydroxyl groups excluding tert-OH is 1. The van der Waals surface area contributed by atoms with Crippen molar-refractivity contribution in [2.45, 2.75) is 13.3 Å². The van der Waals surface area contributed by atoms with Crippen molar-refractivity contribution in [2.24, 2.45) is 5.84 Å². The molecule has 0 bridgehead atoms. The predicted octanol–water partition coefficient (Wildman–Crippen LogP) is 0.212. The van der Waals surface area contributed by atoms with Crippen LogP contribution in [-0.4, -0.2) is 40.6 Å². The summed E-state index contributed by atoms with van der Waals surface area (Å²) in [5.74, 6) is 5.48. The lowest BCUT2D eigenvalue weighted by Crippen LogP contribution is -2.34. The number of carbonyl (C=O) groups excluding carboxylic acids is 1. The third-order valence-electron chi connectivity index (χ3n) is 2.27. The van der Waals surface area contributed by atoms with Crippen molar-refractivity contribution in [1.82, 2.24) is 9.88 Å². The molecule has 1 rings (SSSR count).